The van der Waals surface area contributed by atoms with Gasteiger partial charge in [0.15, 0.2) is 0 Å². The quantitative estimate of drug-likeness (QED) is 0.261. The molecule has 0 radical (unpaired) electrons. The molecule has 0 spiro atoms. The predicted molar refractivity (Wildman–Crippen MR) is 148 cm³/mol. The molecule has 40 heavy (non-hydrogen) atoms. The highest BCUT2D eigenvalue weighted by Gasteiger charge is 2.28. The lowest BCUT2D eigenvalue weighted by Crippen LogP contribution is -2.41. The van der Waals surface area contributed by atoms with E-state index in [0.717, 1.165) is 11.3 Å². The lowest BCUT2D eigenvalue weighted by molar-refractivity contribution is -0.136. The van der Waals surface area contributed by atoms with Gasteiger partial charge in [-0.3, -0.25) is 9.59 Å². The molecule has 0 bridgehead atoms. The summed E-state index contributed by atoms with van der Waals surface area (Å²) in [6, 6.07) is 22.6. The number of oxazole rings is 1. The summed E-state index contributed by atoms with van der Waals surface area (Å²) in [6.07, 6.45) is 0.189. The van der Waals surface area contributed by atoms with Gasteiger partial charge in [-0.25, -0.2) is 14.4 Å². The Labute approximate surface area is 232 Å². The molecule has 1 aromatic heterocycles. The van der Waals surface area contributed by atoms with Gasteiger partial charge < -0.3 is 14.3 Å². The normalized spacial score (nSPS) is 11.2. The number of carbonyl (C=O) groups excluding carboxylic acids is 1. The van der Waals surface area contributed by atoms with Crippen molar-refractivity contribution in [1.82, 2.24) is 9.29 Å². The molecule has 4 rings (SSSR count). The first-order valence-corrected chi connectivity index (χ1v) is 14.0. The average molecular weight is 564 g/mol. The van der Waals surface area contributed by atoms with Crippen molar-refractivity contribution in [3.05, 3.63) is 107 Å². The maximum absolute atomic E-state index is 13.5. The van der Waals surface area contributed by atoms with Gasteiger partial charge in [-0.2, -0.15) is 8.42 Å². The fourth-order valence-electron chi connectivity index (χ4n) is 4.09. The van der Waals surface area contributed by atoms with Crippen LogP contribution < -0.4 is 9.88 Å². The van der Waals surface area contributed by atoms with E-state index in [1.54, 1.807) is 42.5 Å². The SMILES string of the molecule is Cc1oc(-c2ccccc2)nc1CCOc1ccc(CCC(=O)O)c(C(=O)N(Cc2ccccc2)S(N)(=O)=O)c1. The third-order valence-corrected chi connectivity index (χ3v) is 7.05. The Bertz CT molecular complexity index is 1590. The zero-order chi connectivity index (χ0) is 28.7. The van der Waals surface area contributed by atoms with Crippen LogP contribution in [-0.2, 0) is 34.4 Å². The van der Waals surface area contributed by atoms with Gasteiger partial charge in [0.1, 0.15) is 11.5 Å². The van der Waals surface area contributed by atoms with Crippen molar-refractivity contribution >= 4 is 22.1 Å². The van der Waals surface area contributed by atoms with E-state index in [1.807, 2.05) is 37.3 Å². The molecule has 0 aliphatic rings. The summed E-state index contributed by atoms with van der Waals surface area (Å²) < 4.78 is 37.1. The Morgan fingerprint density at radius 1 is 1.00 bits per heavy atom. The van der Waals surface area contributed by atoms with Crippen LogP contribution in [0, 0.1) is 6.92 Å². The number of aryl methyl sites for hydroxylation is 2. The van der Waals surface area contributed by atoms with Crippen molar-refractivity contribution < 1.29 is 32.3 Å². The monoisotopic (exact) mass is 563 g/mol. The van der Waals surface area contributed by atoms with Gasteiger partial charge >= 0.3 is 16.2 Å². The number of benzene rings is 3. The first kappa shape index (κ1) is 28.5. The van der Waals surface area contributed by atoms with Gasteiger partial charge in [0.25, 0.3) is 5.91 Å². The minimum Gasteiger partial charge on any atom is -0.493 e. The second-order valence-electron chi connectivity index (χ2n) is 9.04. The first-order valence-electron chi connectivity index (χ1n) is 12.5. The number of ether oxygens (including phenoxy) is 1. The van der Waals surface area contributed by atoms with E-state index in [4.69, 9.17) is 19.4 Å². The maximum atomic E-state index is 13.5. The fourth-order valence-corrected chi connectivity index (χ4v) is 4.75. The number of aromatic nitrogens is 1. The molecular weight excluding hydrogens is 534 g/mol. The summed E-state index contributed by atoms with van der Waals surface area (Å²) in [5.41, 5.74) is 2.49. The standard InChI is InChI=1S/C29H29N3O7S/c1-20-26(31-28(39-20)23-10-6-3-7-11-23)16-17-38-24-14-12-22(13-15-27(33)34)25(18-24)29(35)32(40(30,36)37)19-21-8-4-2-5-9-21/h2-12,14,18H,13,15-17,19H2,1H3,(H,33,34)(H2,30,36,37). The van der Waals surface area contributed by atoms with Crippen molar-refractivity contribution in [2.75, 3.05) is 6.61 Å². The molecule has 10 nitrogen and oxygen atoms in total. The van der Waals surface area contributed by atoms with E-state index in [0.29, 0.717) is 39.3 Å². The predicted octanol–water partition coefficient (Wildman–Crippen LogP) is 4.13. The number of carbonyl (C=O) groups is 2. The Hall–Kier alpha value is -4.48. The van der Waals surface area contributed by atoms with Crippen LogP contribution in [0.1, 0.15) is 39.4 Å². The first-order chi connectivity index (χ1) is 19.1. The molecule has 0 unspecified atom stereocenters. The molecule has 0 saturated carbocycles. The van der Waals surface area contributed by atoms with E-state index >= 15 is 0 Å². The van der Waals surface area contributed by atoms with E-state index in [-0.39, 0.29) is 31.6 Å². The molecular formula is C29H29N3O7S. The number of nitrogens with zero attached hydrogens (tertiary/aromatic N) is 2. The van der Waals surface area contributed by atoms with Crippen LogP contribution in [0.3, 0.4) is 0 Å². The molecule has 0 atom stereocenters. The highest BCUT2D eigenvalue weighted by atomic mass is 32.2. The molecule has 0 saturated heterocycles. The summed E-state index contributed by atoms with van der Waals surface area (Å²) in [4.78, 5) is 29.3. The molecule has 1 amide bonds. The van der Waals surface area contributed by atoms with E-state index in [9.17, 15) is 18.0 Å². The van der Waals surface area contributed by atoms with Crippen LogP contribution >= 0.6 is 0 Å². The number of nitrogens with two attached hydrogens (primary N) is 1. The van der Waals surface area contributed by atoms with Crippen LogP contribution in [0.4, 0.5) is 0 Å². The van der Waals surface area contributed by atoms with Gasteiger partial charge in [-0.05, 0) is 48.7 Å². The molecule has 0 fully saturated rings. The van der Waals surface area contributed by atoms with Crippen LogP contribution in [0.25, 0.3) is 11.5 Å². The van der Waals surface area contributed by atoms with Crippen molar-refractivity contribution in [1.29, 1.82) is 0 Å². The molecule has 0 aliphatic heterocycles. The minimum absolute atomic E-state index is 0.00677. The number of carboxylic acids is 1. The number of carboxylic acid groups (broad SMARTS) is 1. The van der Waals surface area contributed by atoms with Gasteiger partial charge in [0.2, 0.25) is 5.89 Å². The highest BCUT2D eigenvalue weighted by Crippen LogP contribution is 2.25. The number of hydrogen-bond acceptors (Lipinski definition) is 7. The molecule has 0 aliphatic carbocycles. The minimum atomic E-state index is -4.44. The van der Waals surface area contributed by atoms with Crippen LogP contribution in [0.15, 0.2) is 83.3 Å². The largest absolute Gasteiger partial charge is 0.493 e. The van der Waals surface area contributed by atoms with Crippen LogP contribution in [0.5, 0.6) is 5.75 Å². The van der Waals surface area contributed by atoms with Gasteiger partial charge in [-0.1, -0.05) is 54.6 Å². The number of amides is 1. The third kappa shape index (κ3) is 7.33. The van der Waals surface area contributed by atoms with Crippen LogP contribution in [-0.4, -0.2) is 41.3 Å². The topological polar surface area (TPSA) is 153 Å². The third-order valence-electron chi connectivity index (χ3n) is 6.14. The van der Waals surface area contributed by atoms with Crippen molar-refractivity contribution in [2.24, 2.45) is 5.14 Å². The molecule has 1 heterocycles. The van der Waals surface area contributed by atoms with E-state index in [2.05, 4.69) is 4.98 Å². The highest BCUT2D eigenvalue weighted by molar-refractivity contribution is 7.87. The summed E-state index contributed by atoms with van der Waals surface area (Å²) >= 11 is 0. The Balaban J connectivity index is 1.55. The van der Waals surface area contributed by atoms with E-state index in [1.165, 1.54) is 6.07 Å². The number of rotatable bonds is 12. The zero-order valence-electron chi connectivity index (χ0n) is 21.8. The van der Waals surface area contributed by atoms with Gasteiger partial charge in [0, 0.05) is 24.0 Å². The smallest absolute Gasteiger partial charge is 0.303 e. The zero-order valence-corrected chi connectivity index (χ0v) is 22.6. The fraction of sp³-hybridized carbons (Fsp3) is 0.207. The Morgan fingerprint density at radius 3 is 2.33 bits per heavy atom. The molecule has 208 valence electrons. The second-order valence-corrected chi connectivity index (χ2v) is 10.5. The number of hydrogen-bond donors (Lipinski definition) is 2. The Kier molecular flexibility index (Phi) is 8.97. The summed E-state index contributed by atoms with van der Waals surface area (Å²) in [7, 11) is -4.44. The number of aliphatic carboxylic acids is 1. The molecule has 3 N–H and O–H groups in total. The van der Waals surface area contributed by atoms with Crippen molar-refractivity contribution in [2.45, 2.75) is 32.7 Å². The molecule has 3 aromatic carbocycles. The van der Waals surface area contributed by atoms with Crippen molar-refractivity contribution in [3.8, 4) is 17.2 Å². The van der Waals surface area contributed by atoms with Gasteiger partial charge in [-0.15, -0.1) is 0 Å². The summed E-state index contributed by atoms with van der Waals surface area (Å²) in [6.45, 7) is 1.74. The lowest BCUT2D eigenvalue weighted by Gasteiger charge is -2.22. The lowest BCUT2D eigenvalue weighted by atomic mass is 10.0. The summed E-state index contributed by atoms with van der Waals surface area (Å²) in [5, 5.41) is 14.6. The maximum Gasteiger partial charge on any atom is 0.303 e. The van der Waals surface area contributed by atoms with Crippen LogP contribution in [0.2, 0.25) is 0 Å². The molecule has 4 aromatic rings. The average Bonchev–Trinajstić information content (AvgIpc) is 3.31. The van der Waals surface area contributed by atoms with E-state index < -0.39 is 22.1 Å². The second kappa shape index (κ2) is 12.6. The summed E-state index contributed by atoms with van der Waals surface area (Å²) in [5.74, 6) is -0.459. The Morgan fingerprint density at radius 2 is 1.68 bits per heavy atom. The van der Waals surface area contributed by atoms with Crippen molar-refractivity contribution in [3.63, 3.8) is 0 Å². The molecule has 11 heteroatoms. The van der Waals surface area contributed by atoms with Gasteiger partial charge in [0.05, 0.1) is 18.8 Å².